The van der Waals surface area contributed by atoms with E-state index in [4.69, 9.17) is 4.74 Å². The van der Waals surface area contributed by atoms with E-state index in [0.29, 0.717) is 25.5 Å². The number of likely N-dealkylation sites (N-methyl/N-ethyl adjacent to an activating group) is 1. The van der Waals surface area contributed by atoms with E-state index in [0.717, 1.165) is 19.4 Å². The van der Waals surface area contributed by atoms with E-state index in [9.17, 15) is 18.0 Å². The highest BCUT2D eigenvalue weighted by atomic mass is 19.4. The summed E-state index contributed by atoms with van der Waals surface area (Å²) in [6.07, 6.45) is -2.39. The zero-order valence-corrected chi connectivity index (χ0v) is 14.3. The summed E-state index contributed by atoms with van der Waals surface area (Å²) in [6, 6.07) is 0. The predicted octanol–water partition coefficient (Wildman–Crippen LogP) is 1.52. The van der Waals surface area contributed by atoms with Crippen LogP contribution in [0.15, 0.2) is 4.99 Å². The molecule has 1 amide bonds. The molecule has 1 aliphatic rings. The minimum atomic E-state index is -4.12. The second-order valence-electron chi connectivity index (χ2n) is 5.97. The van der Waals surface area contributed by atoms with Crippen LogP contribution in [0.1, 0.15) is 32.1 Å². The Morgan fingerprint density at radius 2 is 2.04 bits per heavy atom. The van der Waals surface area contributed by atoms with Crippen molar-refractivity contribution in [1.29, 1.82) is 0 Å². The highest BCUT2D eigenvalue weighted by Crippen LogP contribution is 2.21. The molecule has 6 nitrogen and oxygen atoms in total. The lowest BCUT2D eigenvalue weighted by molar-refractivity contribution is -0.135. The van der Waals surface area contributed by atoms with Gasteiger partial charge < -0.3 is 20.3 Å². The summed E-state index contributed by atoms with van der Waals surface area (Å²) in [5.74, 6) is 0.276. The number of ether oxygens (including phenoxy) is 1. The van der Waals surface area contributed by atoms with E-state index >= 15 is 0 Å². The first-order valence-corrected chi connectivity index (χ1v) is 8.18. The molecule has 1 rings (SSSR count). The molecule has 1 aliphatic heterocycles. The maximum Gasteiger partial charge on any atom is 0.389 e. The third-order valence-electron chi connectivity index (χ3n) is 3.57. The van der Waals surface area contributed by atoms with Gasteiger partial charge in [0.25, 0.3) is 0 Å². The zero-order chi connectivity index (χ0) is 18.0. The average Bonchev–Trinajstić information content (AvgIpc) is 3.00. The third-order valence-corrected chi connectivity index (χ3v) is 3.57. The smallest absolute Gasteiger partial charge is 0.376 e. The highest BCUT2D eigenvalue weighted by molar-refractivity contribution is 5.84. The largest absolute Gasteiger partial charge is 0.389 e. The molecule has 0 aromatic heterocycles. The molecule has 0 radical (unpaired) electrons. The summed E-state index contributed by atoms with van der Waals surface area (Å²) in [7, 11) is 3.28. The lowest BCUT2D eigenvalue weighted by Crippen LogP contribution is -2.42. The summed E-state index contributed by atoms with van der Waals surface area (Å²) in [4.78, 5) is 17.2. The minimum absolute atomic E-state index is 0.0175. The number of nitrogens with zero attached hydrogens (tertiary/aromatic N) is 2. The Morgan fingerprint density at radius 3 is 2.62 bits per heavy atom. The number of unbranched alkanes of at least 4 members (excludes halogenated alkanes) is 1. The molecule has 1 unspecified atom stereocenters. The highest BCUT2D eigenvalue weighted by Gasteiger charge is 2.25. The molecule has 1 heterocycles. The van der Waals surface area contributed by atoms with Gasteiger partial charge in [0.1, 0.15) is 6.54 Å². The third kappa shape index (κ3) is 9.59. The van der Waals surface area contributed by atoms with Gasteiger partial charge in [-0.25, -0.2) is 4.99 Å². The summed E-state index contributed by atoms with van der Waals surface area (Å²) < 4.78 is 41.8. The van der Waals surface area contributed by atoms with Gasteiger partial charge in [-0.15, -0.1) is 0 Å². The molecular weight excluding hydrogens is 325 g/mol. The molecule has 0 spiro atoms. The maximum absolute atomic E-state index is 12.1. The van der Waals surface area contributed by atoms with Crippen molar-refractivity contribution in [1.82, 2.24) is 15.5 Å². The quantitative estimate of drug-likeness (QED) is 0.395. The van der Waals surface area contributed by atoms with Crippen LogP contribution >= 0.6 is 0 Å². The monoisotopic (exact) mass is 352 g/mol. The molecule has 1 fully saturated rings. The van der Waals surface area contributed by atoms with Crippen LogP contribution in [0.3, 0.4) is 0 Å². The number of guanidine groups is 1. The van der Waals surface area contributed by atoms with E-state index in [1.807, 2.05) is 0 Å². The SMILES string of the molecule is CN(C)C(=O)CN=C(NCCCCC(F)(F)F)NCC1CCCO1. The van der Waals surface area contributed by atoms with Crippen molar-refractivity contribution < 1.29 is 22.7 Å². The van der Waals surface area contributed by atoms with Gasteiger partial charge in [0.05, 0.1) is 6.10 Å². The standard InChI is InChI=1S/C15H27F3N4O2/c1-22(2)13(23)11-21-14(20-10-12-6-5-9-24-12)19-8-4-3-7-15(16,17)18/h12H,3-11H2,1-2H3,(H2,19,20,21). The molecule has 0 aliphatic carbocycles. The van der Waals surface area contributed by atoms with E-state index in [2.05, 4.69) is 15.6 Å². The predicted molar refractivity (Wildman–Crippen MR) is 85.9 cm³/mol. The van der Waals surface area contributed by atoms with Crippen molar-refractivity contribution >= 4 is 11.9 Å². The number of hydrogen-bond acceptors (Lipinski definition) is 3. The fraction of sp³-hybridized carbons (Fsp3) is 0.867. The first-order valence-electron chi connectivity index (χ1n) is 8.18. The van der Waals surface area contributed by atoms with E-state index < -0.39 is 12.6 Å². The van der Waals surface area contributed by atoms with Crippen LogP contribution in [0, 0.1) is 0 Å². The number of rotatable bonds is 8. The Labute approximate surface area is 140 Å². The second-order valence-corrected chi connectivity index (χ2v) is 5.97. The summed E-state index contributed by atoms with van der Waals surface area (Å²) in [6.45, 7) is 1.65. The Balaban J connectivity index is 2.38. The number of alkyl halides is 3. The maximum atomic E-state index is 12.1. The Bertz CT molecular complexity index is 408. The van der Waals surface area contributed by atoms with E-state index in [-0.39, 0.29) is 25.0 Å². The van der Waals surface area contributed by atoms with Gasteiger partial charge in [-0.1, -0.05) is 0 Å². The van der Waals surface area contributed by atoms with Crippen LogP contribution in [-0.4, -0.2) is 69.4 Å². The first kappa shape index (κ1) is 20.5. The summed E-state index contributed by atoms with van der Waals surface area (Å²) >= 11 is 0. The number of nitrogens with one attached hydrogen (secondary N) is 2. The summed E-state index contributed by atoms with van der Waals surface area (Å²) in [5, 5.41) is 6.05. The Hall–Kier alpha value is -1.51. The molecule has 24 heavy (non-hydrogen) atoms. The van der Waals surface area contributed by atoms with Gasteiger partial charge in [-0.3, -0.25) is 4.79 Å². The number of hydrogen-bond donors (Lipinski definition) is 2. The molecule has 0 bridgehead atoms. The molecule has 1 saturated heterocycles. The molecule has 0 aromatic carbocycles. The molecule has 0 saturated carbocycles. The van der Waals surface area contributed by atoms with Crippen LogP contribution < -0.4 is 10.6 Å². The van der Waals surface area contributed by atoms with Gasteiger partial charge in [-0.05, 0) is 25.7 Å². The number of carbonyl (C=O) groups excluding carboxylic acids is 1. The molecule has 2 N–H and O–H groups in total. The van der Waals surface area contributed by atoms with Gasteiger partial charge in [0.2, 0.25) is 5.91 Å². The number of aliphatic imine (C=N–C) groups is 1. The van der Waals surface area contributed by atoms with Gasteiger partial charge in [-0.2, -0.15) is 13.2 Å². The van der Waals surface area contributed by atoms with Crippen molar-refractivity contribution in [2.75, 3.05) is 40.3 Å². The second kappa shape index (κ2) is 10.4. The lowest BCUT2D eigenvalue weighted by atomic mass is 10.2. The molecule has 0 aromatic rings. The molecule has 140 valence electrons. The molecular formula is C15H27F3N4O2. The Kier molecular flexibility index (Phi) is 8.88. The first-order chi connectivity index (χ1) is 11.3. The number of halogens is 3. The van der Waals surface area contributed by atoms with E-state index in [1.54, 1.807) is 14.1 Å². The topological polar surface area (TPSA) is 66.0 Å². The normalized spacial score (nSPS) is 18.5. The van der Waals surface area contributed by atoms with Gasteiger partial charge in [0, 0.05) is 40.2 Å². The van der Waals surface area contributed by atoms with Crippen molar-refractivity contribution in [3.63, 3.8) is 0 Å². The van der Waals surface area contributed by atoms with Crippen molar-refractivity contribution in [3.05, 3.63) is 0 Å². The van der Waals surface area contributed by atoms with Crippen molar-refractivity contribution in [2.24, 2.45) is 4.99 Å². The van der Waals surface area contributed by atoms with Crippen LogP contribution in [0.5, 0.6) is 0 Å². The van der Waals surface area contributed by atoms with Gasteiger partial charge in [0.15, 0.2) is 5.96 Å². The van der Waals surface area contributed by atoms with Crippen molar-refractivity contribution in [3.8, 4) is 0 Å². The number of carbonyl (C=O) groups is 1. The molecule has 9 heteroatoms. The van der Waals surface area contributed by atoms with Crippen LogP contribution in [0.25, 0.3) is 0 Å². The van der Waals surface area contributed by atoms with E-state index in [1.165, 1.54) is 4.90 Å². The lowest BCUT2D eigenvalue weighted by Gasteiger charge is -2.16. The number of amides is 1. The van der Waals surface area contributed by atoms with Gasteiger partial charge >= 0.3 is 6.18 Å². The minimum Gasteiger partial charge on any atom is -0.376 e. The van der Waals surface area contributed by atoms with Crippen LogP contribution in [0.2, 0.25) is 0 Å². The Morgan fingerprint density at radius 1 is 1.29 bits per heavy atom. The average molecular weight is 352 g/mol. The fourth-order valence-electron chi connectivity index (χ4n) is 2.14. The van der Waals surface area contributed by atoms with Crippen LogP contribution in [-0.2, 0) is 9.53 Å². The molecule has 1 atom stereocenters. The zero-order valence-electron chi connectivity index (χ0n) is 14.3. The van der Waals surface area contributed by atoms with Crippen LogP contribution in [0.4, 0.5) is 13.2 Å². The van der Waals surface area contributed by atoms with Crippen molar-refractivity contribution in [2.45, 2.75) is 44.4 Å². The summed E-state index contributed by atoms with van der Waals surface area (Å²) in [5.41, 5.74) is 0. The fourth-order valence-corrected chi connectivity index (χ4v) is 2.14.